The van der Waals surface area contributed by atoms with Crippen LogP contribution in [0, 0.1) is 18.8 Å². The number of aliphatic hydroxyl groups excluding tert-OH is 1. The molecule has 0 fully saturated rings. The van der Waals surface area contributed by atoms with Gasteiger partial charge in [-0.25, -0.2) is 4.98 Å². The third-order valence-electron chi connectivity index (χ3n) is 3.01. The number of amides is 1. The van der Waals surface area contributed by atoms with Crippen molar-refractivity contribution >= 4 is 17.2 Å². The van der Waals surface area contributed by atoms with E-state index in [0.717, 1.165) is 16.8 Å². The molecule has 0 atom stereocenters. The molecule has 0 aliphatic rings. The zero-order valence-electron chi connectivity index (χ0n) is 12.0. The van der Waals surface area contributed by atoms with Gasteiger partial charge < -0.3 is 10.0 Å². The lowest BCUT2D eigenvalue weighted by Crippen LogP contribution is -2.27. The highest BCUT2D eigenvalue weighted by Gasteiger charge is 2.15. The Morgan fingerprint density at radius 1 is 1.48 bits per heavy atom. The minimum Gasteiger partial charge on any atom is -0.384 e. The first-order valence-electron chi connectivity index (χ1n) is 6.44. The number of carbonyl (C=O) groups is 1. The zero-order chi connectivity index (χ0) is 15.2. The fraction of sp³-hybridized carbons (Fsp3) is 0.250. The van der Waals surface area contributed by atoms with Crippen molar-refractivity contribution in [2.24, 2.45) is 0 Å². The molecule has 0 saturated carbocycles. The van der Waals surface area contributed by atoms with Crippen LogP contribution in [-0.2, 0) is 6.54 Å². The minimum absolute atomic E-state index is 0.0619. The number of aryl methyl sites for hydroxylation is 1. The molecule has 2 rings (SSSR count). The molecule has 21 heavy (non-hydrogen) atoms. The maximum Gasteiger partial charge on any atom is 0.254 e. The third-order valence-corrected chi connectivity index (χ3v) is 3.64. The fourth-order valence-corrected chi connectivity index (χ4v) is 2.46. The van der Waals surface area contributed by atoms with E-state index in [1.807, 2.05) is 24.4 Å². The highest BCUT2D eigenvalue weighted by molar-refractivity contribution is 7.07. The van der Waals surface area contributed by atoms with E-state index in [-0.39, 0.29) is 12.5 Å². The van der Waals surface area contributed by atoms with Crippen LogP contribution in [0.1, 0.15) is 27.2 Å². The molecular formula is C16H16N2O2S. The number of rotatable bonds is 3. The lowest BCUT2D eigenvalue weighted by Gasteiger charge is -2.17. The van der Waals surface area contributed by atoms with Crippen molar-refractivity contribution in [1.29, 1.82) is 0 Å². The Kier molecular flexibility index (Phi) is 5.09. The van der Waals surface area contributed by atoms with Gasteiger partial charge >= 0.3 is 0 Å². The molecule has 4 nitrogen and oxygen atoms in total. The molecule has 1 amide bonds. The van der Waals surface area contributed by atoms with Crippen LogP contribution in [-0.4, -0.2) is 34.6 Å². The second-order valence-electron chi connectivity index (χ2n) is 4.63. The van der Waals surface area contributed by atoms with Crippen LogP contribution in [0.25, 0.3) is 0 Å². The largest absolute Gasteiger partial charge is 0.384 e. The van der Waals surface area contributed by atoms with E-state index in [1.54, 1.807) is 23.5 Å². The number of hydrogen-bond acceptors (Lipinski definition) is 4. The summed E-state index contributed by atoms with van der Waals surface area (Å²) in [5, 5.41) is 10.7. The number of aliphatic hydroxyl groups is 1. The second-order valence-corrected chi connectivity index (χ2v) is 5.35. The monoisotopic (exact) mass is 300 g/mol. The van der Waals surface area contributed by atoms with Crippen LogP contribution >= 0.6 is 11.3 Å². The molecule has 1 N–H and O–H groups in total. The topological polar surface area (TPSA) is 53.4 Å². The Morgan fingerprint density at radius 2 is 2.29 bits per heavy atom. The Balaban J connectivity index is 2.21. The molecule has 0 bridgehead atoms. The van der Waals surface area contributed by atoms with Gasteiger partial charge in [0.15, 0.2) is 0 Å². The summed E-state index contributed by atoms with van der Waals surface area (Å²) in [5.41, 5.74) is 4.88. The van der Waals surface area contributed by atoms with E-state index in [9.17, 15) is 4.79 Å². The first-order chi connectivity index (χ1) is 10.1. The van der Waals surface area contributed by atoms with Crippen LogP contribution < -0.4 is 0 Å². The third kappa shape index (κ3) is 3.91. The van der Waals surface area contributed by atoms with E-state index < -0.39 is 0 Å². The Hall–Kier alpha value is -2.16. The van der Waals surface area contributed by atoms with Gasteiger partial charge in [0.2, 0.25) is 0 Å². The maximum atomic E-state index is 12.5. The molecule has 0 saturated heterocycles. The van der Waals surface area contributed by atoms with Gasteiger partial charge in [-0.3, -0.25) is 4.79 Å². The van der Waals surface area contributed by atoms with Crippen LogP contribution in [0.4, 0.5) is 0 Å². The zero-order valence-corrected chi connectivity index (χ0v) is 12.8. The van der Waals surface area contributed by atoms with Crippen molar-refractivity contribution in [1.82, 2.24) is 9.88 Å². The van der Waals surface area contributed by atoms with E-state index >= 15 is 0 Å². The SMILES string of the molecule is Cc1ccc(C#CCO)cc1C(=O)N(C)Cc1cscn1. The quantitative estimate of drug-likeness (QED) is 0.883. The summed E-state index contributed by atoms with van der Waals surface area (Å²) in [6.45, 7) is 2.18. The Labute approximate surface area is 128 Å². The molecule has 5 heteroatoms. The molecule has 0 aliphatic heterocycles. The predicted octanol–water partition coefficient (Wildman–Crippen LogP) is 2.07. The van der Waals surface area contributed by atoms with E-state index in [4.69, 9.17) is 5.11 Å². The summed E-state index contributed by atoms with van der Waals surface area (Å²) < 4.78 is 0. The van der Waals surface area contributed by atoms with Gasteiger partial charge in [0.25, 0.3) is 5.91 Å². The summed E-state index contributed by atoms with van der Waals surface area (Å²) in [7, 11) is 1.76. The highest BCUT2D eigenvalue weighted by Crippen LogP contribution is 2.14. The first kappa shape index (κ1) is 15.2. The van der Waals surface area contributed by atoms with Gasteiger partial charge in [0, 0.05) is 23.6 Å². The van der Waals surface area contributed by atoms with E-state index in [0.29, 0.717) is 12.1 Å². The summed E-state index contributed by atoms with van der Waals surface area (Å²) in [4.78, 5) is 18.3. The lowest BCUT2D eigenvalue weighted by molar-refractivity contribution is 0.0783. The number of thiazole rings is 1. The normalized spacial score (nSPS) is 9.86. The maximum absolute atomic E-state index is 12.5. The van der Waals surface area contributed by atoms with Gasteiger partial charge in [-0.1, -0.05) is 17.9 Å². The smallest absolute Gasteiger partial charge is 0.254 e. The molecule has 2 aromatic rings. The van der Waals surface area contributed by atoms with Crippen molar-refractivity contribution < 1.29 is 9.90 Å². The average molecular weight is 300 g/mol. The number of nitrogens with zero attached hydrogens (tertiary/aromatic N) is 2. The van der Waals surface area contributed by atoms with Gasteiger partial charge in [-0.15, -0.1) is 11.3 Å². The van der Waals surface area contributed by atoms with E-state index in [2.05, 4.69) is 16.8 Å². The van der Waals surface area contributed by atoms with Crippen LogP contribution in [0.3, 0.4) is 0 Å². The summed E-state index contributed by atoms with van der Waals surface area (Å²) in [6.07, 6.45) is 0. The number of hydrogen-bond donors (Lipinski definition) is 1. The highest BCUT2D eigenvalue weighted by atomic mass is 32.1. The molecular weight excluding hydrogens is 284 g/mol. The fourth-order valence-electron chi connectivity index (χ4n) is 1.91. The molecule has 1 aromatic heterocycles. The van der Waals surface area contributed by atoms with Crippen molar-refractivity contribution in [3.8, 4) is 11.8 Å². The number of aromatic nitrogens is 1. The first-order valence-corrected chi connectivity index (χ1v) is 7.39. The predicted molar refractivity (Wildman–Crippen MR) is 83.1 cm³/mol. The second kappa shape index (κ2) is 7.02. The summed E-state index contributed by atoms with van der Waals surface area (Å²) in [6, 6.07) is 5.47. The molecule has 0 aliphatic carbocycles. The standard InChI is InChI=1S/C16H16N2O2S/c1-12-5-6-13(4-3-7-19)8-15(12)16(20)18(2)9-14-10-21-11-17-14/h5-6,8,10-11,19H,7,9H2,1-2H3. The van der Waals surface area contributed by atoms with Gasteiger partial charge in [0.1, 0.15) is 6.61 Å². The van der Waals surface area contributed by atoms with Crippen molar-refractivity contribution in [3.63, 3.8) is 0 Å². The van der Waals surface area contributed by atoms with Crippen LogP contribution in [0.2, 0.25) is 0 Å². The van der Waals surface area contributed by atoms with E-state index in [1.165, 1.54) is 11.3 Å². The lowest BCUT2D eigenvalue weighted by atomic mass is 10.0. The summed E-state index contributed by atoms with van der Waals surface area (Å²) in [5.74, 6) is 5.35. The molecule has 1 aromatic carbocycles. The van der Waals surface area contributed by atoms with Crippen molar-refractivity contribution in [2.75, 3.05) is 13.7 Å². The number of benzene rings is 1. The molecule has 0 radical (unpaired) electrons. The average Bonchev–Trinajstić information content (AvgIpc) is 2.98. The van der Waals surface area contributed by atoms with Gasteiger partial charge in [-0.05, 0) is 24.6 Å². The Bertz CT molecular complexity index is 684. The molecule has 108 valence electrons. The van der Waals surface area contributed by atoms with Crippen LogP contribution in [0.5, 0.6) is 0 Å². The van der Waals surface area contributed by atoms with Crippen LogP contribution in [0.15, 0.2) is 29.1 Å². The molecule has 0 unspecified atom stereocenters. The number of carbonyl (C=O) groups excluding carboxylic acids is 1. The molecule has 1 heterocycles. The van der Waals surface area contributed by atoms with Gasteiger partial charge in [0.05, 0.1) is 17.7 Å². The molecule has 0 spiro atoms. The summed E-state index contributed by atoms with van der Waals surface area (Å²) >= 11 is 1.51. The Morgan fingerprint density at radius 3 is 2.95 bits per heavy atom. The van der Waals surface area contributed by atoms with Gasteiger partial charge in [-0.2, -0.15) is 0 Å². The van der Waals surface area contributed by atoms with Crippen molar-refractivity contribution in [3.05, 3.63) is 51.5 Å². The van der Waals surface area contributed by atoms with Crippen molar-refractivity contribution in [2.45, 2.75) is 13.5 Å². The minimum atomic E-state index is -0.194.